The summed E-state index contributed by atoms with van der Waals surface area (Å²) in [5.74, 6) is -0.0926. The van der Waals surface area contributed by atoms with Crippen LogP contribution in [0.3, 0.4) is 0 Å². The van der Waals surface area contributed by atoms with Crippen molar-refractivity contribution < 1.29 is 9.90 Å². The van der Waals surface area contributed by atoms with Gasteiger partial charge in [-0.05, 0) is 32.2 Å². The maximum atomic E-state index is 11.9. The second-order valence-electron chi connectivity index (χ2n) is 4.08. The van der Waals surface area contributed by atoms with Gasteiger partial charge in [-0.1, -0.05) is 17.7 Å². The Morgan fingerprint density at radius 2 is 2.00 bits per heavy atom. The monoisotopic (exact) mass is 253 g/mol. The molecule has 4 heteroatoms. The summed E-state index contributed by atoms with van der Waals surface area (Å²) in [5, 5.41) is 12.1. The highest BCUT2D eigenvalue weighted by molar-refractivity contribution is 7.99. The average Bonchev–Trinajstić information content (AvgIpc) is 2.31. The van der Waals surface area contributed by atoms with Gasteiger partial charge in [0.25, 0.3) is 5.91 Å². The number of rotatable bonds is 5. The molecule has 0 aliphatic carbocycles. The predicted molar refractivity (Wildman–Crippen MR) is 72.5 cm³/mol. The fraction of sp³-hybridized carbons (Fsp3) is 0.462. The van der Waals surface area contributed by atoms with E-state index in [-0.39, 0.29) is 23.8 Å². The molecule has 1 aromatic rings. The molecule has 2 atom stereocenters. The summed E-state index contributed by atoms with van der Waals surface area (Å²) >= 11 is 1.55. The maximum absolute atomic E-state index is 11.9. The summed E-state index contributed by atoms with van der Waals surface area (Å²) in [5.41, 5.74) is 1.78. The molecule has 0 aliphatic rings. The zero-order valence-electron chi connectivity index (χ0n) is 10.4. The number of hydrogen-bond donors (Lipinski definition) is 2. The molecule has 0 radical (unpaired) electrons. The molecule has 1 rings (SSSR count). The van der Waals surface area contributed by atoms with Crippen LogP contribution in [0.5, 0.6) is 0 Å². The number of aliphatic hydroxyl groups is 1. The van der Waals surface area contributed by atoms with Crippen molar-refractivity contribution >= 4 is 17.7 Å². The highest BCUT2D eigenvalue weighted by atomic mass is 32.2. The summed E-state index contributed by atoms with van der Waals surface area (Å²) < 4.78 is 0. The molecule has 3 nitrogen and oxygen atoms in total. The van der Waals surface area contributed by atoms with Crippen molar-refractivity contribution in [2.45, 2.75) is 25.1 Å². The number of carbonyl (C=O) groups is 1. The third kappa shape index (κ3) is 4.06. The maximum Gasteiger partial charge on any atom is 0.251 e. The first kappa shape index (κ1) is 14.1. The van der Waals surface area contributed by atoms with E-state index in [1.54, 1.807) is 11.8 Å². The molecule has 0 heterocycles. The van der Waals surface area contributed by atoms with Crippen molar-refractivity contribution in [1.82, 2.24) is 5.32 Å². The number of nitrogens with one attached hydrogen (secondary N) is 1. The number of hydrogen-bond acceptors (Lipinski definition) is 3. The SMILES string of the molecule is CSC(CO)C(C)NC(=O)c1ccc(C)cc1. The number of aliphatic hydroxyl groups excluding tert-OH is 1. The largest absolute Gasteiger partial charge is 0.395 e. The number of benzene rings is 1. The van der Waals surface area contributed by atoms with Gasteiger partial charge in [0.2, 0.25) is 0 Å². The minimum Gasteiger partial charge on any atom is -0.395 e. The topological polar surface area (TPSA) is 49.3 Å². The molecular weight excluding hydrogens is 234 g/mol. The lowest BCUT2D eigenvalue weighted by Gasteiger charge is -2.21. The van der Waals surface area contributed by atoms with Gasteiger partial charge in [0, 0.05) is 16.9 Å². The van der Waals surface area contributed by atoms with Crippen molar-refractivity contribution in [3.05, 3.63) is 35.4 Å². The zero-order chi connectivity index (χ0) is 12.8. The van der Waals surface area contributed by atoms with E-state index in [4.69, 9.17) is 5.11 Å². The first-order valence-electron chi connectivity index (χ1n) is 5.59. The standard InChI is InChI=1S/C13H19NO2S/c1-9-4-6-11(7-5-9)13(16)14-10(2)12(8-15)17-3/h4-7,10,12,15H,8H2,1-3H3,(H,14,16). The minimum absolute atomic E-state index is 0.0319. The van der Waals surface area contributed by atoms with Crippen molar-refractivity contribution in [2.75, 3.05) is 12.9 Å². The molecule has 17 heavy (non-hydrogen) atoms. The Morgan fingerprint density at radius 3 is 2.47 bits per heavy atom. The normalized spacial score (nSPS) is 14.1. The summed E-state index contributed by atoms with van der Waals surface area (Å²) in [7, 11) is 0. The van der Waals surface area contributed by atoms with Crippen LogP contribution >= 0.6 is 11.8 Å². The zero-order valence-corrected chi connectivity index (χ0v) is 11.3. The minimum atomic E-state index is -0.0926. The molecule has 0 aliphatic heterocycles. The van der Waals surface area contributed by atoms with Gasteiger partial charge in [-0.15, -0.1) is 0 Å². The number of amides is 1. The van der Waals surface area contributed by atoms with Gasteiger partial charge < -0.3 is 10.4 Å². The third-order valence-electron chi connectivity index (χ3n) is 2.71. The van der Waals surface area contributed by atoms with Crippen molar-refractivity contribution in [3.8, 4) is 0 Å². The van der Waals surface area contributed by atoms with Crippen molar-refractivity contribution in [3.63, 3.8) is 0 Å². The first-order chi connectivity index (χ1) is 8.08. The van der Waals surface area contributed by atoms with Gasteiger partial charge in [-0.25, -0.2) is 0 Å². The Labute approximate surface area is 107 Å². The Morgan fingerprint density at radius 1 is 1.41 bits per heavy atom. The molecular formula is C13H19NO2S. The summed E-state index contributed by atoms with van der Waals surface area (Å²) in [4.78, 5) is 11.9. The molecule has 1 amide bonds. The molecule has 94 valence electrons. The summed E-state index contributed by atoms with van der Waals surface area (Å²) in [6.45, 7) is 3.96. The fourth-order valence-electron chi connectivity index (χ4n) is 1.52. The van der Waals surface area contributed by atoms with Crippen LogP contribution in [0.1, 0.15) is 22.8 Å². The van der Waals surface area contributed by atoms with E-state index in [0.717, 1.165) is 5.56 Å². The van der Waals surface area contributed by atoms with Crippen molar-refractivity contribution in [1.29, 1.82) is 0 Å². The molecule has 0 aromatic heterocycles. The predicted octanol–water partition coefficient (Wildman–Crippen LogP) is 1.84. The van der Waals surface area contributed by atoms with Crippen LogP contribution in [-0.4, -0.2) is 35.2 Å². The second kappa shape index (κ2) is 6.67. The Hall–Kier alpha value is -1.00. The summed E-state index contributed by atoms with van der Waals surface area (Å²) in [6.07, 6.45) is 1.93. The lowest BCUT2D eigenvalue weighted by atomic mass is 10.1. The number of thioether (sulfide) groups is 1. The van der Waals surface area contributed by atoms with Gasteiger partial charge in [0.15, 0.2) is 0 Å². The van der Waals surface area contributed by atoms with Crippen LogP contribution < -0.4 is 5.32 Å². The van der Waals surface area contributed by atoms with E-state index in [2.05, 4.69) is 5.32 Å². The van der Waals surface area contributed by atoms with Crippen LogP contribution in [0.15, 0.2) is 24.3 Å². The molecule has 0 spiro atoms. The van der Waals surface area contributed by atoms with E-state index < -0.39 is 0 Å². The first-order valence-corrected chi connectivity index (χ1v) is 6.88. The van der Waals surface area contributed by atoms with Crippen LogP contribution in [-0.2, 0) is 0 Å². The Bertz CT molecular complexity index is 360. The molecule has 2 unspecified atom stereocenters. The van der Waals surface area contributed by atoms with Gasteiger partial charge in [-0.2, -0.15) is 11.8 Å². The number of carbonyl (C=O) groups excluding carboxylic acids is 1. The van der Waals surface area contributed by atoms with Crippen LogP contribution in [0.4, 0.5) is 0 Å². The van der Waals surface area contributed by atoms with Crippen molar-refractivity contribution in [2.24, 2.45) is 0 Å². The van der Waals surface area contributed by atoms with Crippen LogP contribution in [0.2, 0.25) is 0 Å². The van der Waals surface area contributed by atoms with Gasteiger partial charge in [0.05, 0.1) is 6.61 Å². The van der Waals surface area contributed by atoms with Gasteiger partial charge >= 0.3 is 0 Å². The van der Waals surface area contributed by atoms with E-state index in [1.807, 2.05) is 44.4 Å². The third-order valence-corrected chi connectivity index (χ3v) is 3.88. The van der Waals surface area contributed by atoms with E-state index in [1.165, 1.54) is 0 Å². The highest BCUT2D eigenvalue weighted by Gasteiger charge is 2.17. The van der Waals surface area contributed by atoms with E-state index in [9.17, 15) is 4.79 Å². The van der Waals surface area contributed by atoms with E-state index in [0.29, 0.717) is 5.56 Å². The van der Waals surface area contributed by atoms with Gasteiger partial charge in [0.1, 0.15) is 0 Å². The lowest BCUT2D eigenvalue weighted by molar-refractivity contribution is 0.0936. The molecule has 0 saturated carbocycles. The van der Waals surface area contributed by atoms with Gasteiger partial charge in [-0.3, -0.25) is 4.79 Å². The van der Waals surface area contributed by atoms with E-state index >= 15 is 0 Å². The average molecular weight is 253 g/mol. The molecule has 1 aromatic carbocycles. The fourth-order valence-corrected chi connectivity index (χ4v) is 2.15. The Balaban J connectivity index is 2.62. The molecule has 0 fully saturated rings. The van der Waals surface area contributed by atoms with Crippen LogP contribution in [0.25, 0.3) is 0 Å². The highest BCUT2D eigenvalue weighted by Crippen LogP contribution is 2.11. The number of aryl methyl sites for hydroxylation is 1. The quantitative estimate of drug-likeness (QED) is 0.842. The Kier molecular flexibility index (Phi) is 5.51. The second-order valence-corrected chi connectivity index (χ2v) is 5.16. The molecule has 0 saturated heterocycles. The van der Waals surface area contributed by atoms with Crippen LogP contribution in [0, 0.1) is 6.92 Å². The smallest absolute Gasteiger partial charge is 0.251 e. The molecule has 0 bridgehead atoms. The lowest BCUT2D eigenvalue weighted by Crippen LogP contribution is -2.41. The summed E-state index contributed by atoms with van der Waals surface area (Å²) in [6, 6.07) is 7.40. The molecule has 2 N–H and O–H groups in total.